The molecule has 24 heavy (non-hydrogen) atoms. The molecule has 2 aromatic rings. The van der Waals surface area contributed by atoms with Crippen LogP contribution in [0.5, 0.6) is 5.75 Å². The molecule has 0 aromatic heterocycles. The van der Waals surface area contributed by atoms with Crippen LogP contribution in [0.4, 0.5) is 0 Å². The van der Waals surface area contributed by atoms with Crippen molar-refractivity contribution in [2.45, 2.75) is 17.9 Å². The third-order valence-corrected chi connectivity index (χ3v) is 5.23. The van der Waals surface area contributed by atoms with Gasteiger partial charge in [0.1, 0.15) is 5.75 Å². The summed E-state index contributed by atoms with van der Waals surface area (Å²) in [6.45, 7) is 1.23. The molecule has 1 heterocycles. The second kappa shape index (κ2) is 6.65. The van der Waals surface area contributed by atoms with Gasteiger partial charge in [0, 0.05) is 19.3 Å². The molecule has 0 N–H and O–H groups in total. The lowest BCUT2D eigenvalue weighted by Crippen LogP contribution is -2.38. The van der Waals surface area contributed by atoms with Crippen molar-refractivity contribution in [3.8, 4) is 5.75 Å². The number of benzene rings is 2. The van der Waals surface area contributed by atoms with Crippen molar-refractivity contribution in [2.75, 3.05) is 19.4 Å². The first-order valence-electron chi connectivity index (χ1n) is 7.71. The van der Waals surface area contributed by atoms with Crippen molar-refractivity contribution >= 4 is 15.7 Å². The third-order valence-electron chi connectivity index (χ3n) is 4.10. The second-order valence-corrected chi connectivity index (χ2v) is 7.88. The summed E-state index contributed by atoms with van der Waals surface area (Å²) in [5, 5.41) is 0. The summed E-state index contributed by atoms with van der Waals surface area (Å²) >= 11 is 0. The SMILES string of the molecule is CS(=O)(=O)c1ccc(OCC(=O)N2CCc3ccccc3C2)cc1. The molecule has 0 radical (unpaired) electrons. The van der Waals surface area contributed by atoms with Crippen molar-refractivity contribution < 1.29 is 17.9 Å². The van der Waals surface area contributed by atoms with E-state index in [0.717, 1.165) is 12.7 Å². The maximum absolute atomic E-state index is 12.3. The van der Waals surface area contributed by atoms with Gasteiger partial charge in [-0.25, -0.2) is 8.42 Å². The average Bonchev–Trinajstić information content (AvgIpc) is 2.59. The number of carbonyl (C=O) groups is 1. The molecule has 1 amide bonds. The van der Waals surface area contributed by atoms with Crippen LogP contribution in [0.15, 0.2) is 53.4 Å². The van der Waals surface area contributed by atoms with Gasteiger partial charge in [0.2, 0.25) is 0 Å². The van der Waals surface area contributed by atoms with Gasteiger partial charge in [-0.15, -0.1) is 0 Å². The third kappa shape index (κ3) is 3.76. The predicted molar refractivity (Wildman–Crippen MR) is 90.6 cm³/mol. The smallest absolute Gasteiger partial charge is 0.260 e. The van der Waals surface area contributed by atoms with Gasteiger partial charge in [-0.05, 0) is 41.8 Å². The first-order valence-corrected chi connectivity index (χ1v) is 9.60. The van der Waals surface area contributed by atoms with Gasteiger partial charge in [-0.3, -0.25) is 4.79 Å². The van der Waals surface area contributed by atoms with Gasteiger partial charge in [0.25, 0.3) is 5.91 Å². The molecule has 0 aliphatic carbocycles. The van der Waals surface area contributed by atoms with Crippen LogP contribution in [0.25, 0.3) is 0 Å². The van der Waals surface area contributed by atoms with E-state index >= 15 is 0 Å². The van der Waals surface area contributed by atoms with Crippen LogP contribution in [0.3, 0.4) is 0 Å². The summed E-state index contributed by atoms with van der Waals surface area (Å²) < 4.78 is 28.3. The Balaban J connectivity index is 1.58. The maximum Gasteiger partial charge on any atom is 0.260 e. The quantitative estimate of drug-likeness (QED) is 0.851. The highest BCUT2D eigenvalue weighted by Crippen LogP contribution is 2.19. The Bertz CT molecular complexity index is 844. The molecular formula is C18H19NO4S. The molecule has 1 aliphatic heterocycles. The number of ether oxygens (including phenoxy) is 1. The fourth-order valence-electron chi connectivity index (χ4n) is 2.73. The Morgan fingerprint density at radius 3 is 2.42 bits per heavy atom. The van der Waals surface area contributed by atoms with E-state index in [0.29, 0.717) is 18.8 Å². The molecule has 0 atom stereocenters. The monoisotopic (exact) mass is 345 g/mol. The van der Waals surface area contributed by atoms with Crippen LogP contribution in [-0.4, -0.2) is 38.6 Å². The van der Waals surface area contributed by atoms with Crippen molar-refractivity contribution in [1.82, 2.24) is 4.90 Å². The number of rotatable bonds is 4. The summed E-state index contributed by atoms with van der Waals surface area (Å²) in [7, 11) is -3.23. The van der Waals surface area contributed by atoms with E-state index in [1.54, 1.807) is 17.0 Å². The zero-order valence-electron chi connectivity index (χ0n) is 13.4. The fraction of sp³-hybridized carbons (Fsp3) is 0.278. The van der Waals surface area contributed by atoms with Crippen LogP contribution >= 0.6 is 0 Å². The topological polar surface area (TPSA) is 63.7 Å². The molecule has 0 spiro atoms. The predicted octanol–water partition coefficient (Wildman–Crippen LogP) is 2.05. The first-order chi connectivity index (χ1) is 11.4. The molecular weight excluding hydrogens is 326 g/mol. The minimum atomic E-state index is -3.23. The lowest BCUT2D eigenvalue weighted by molar-refractivity contribution is -0.134. The summed E-state index contributed by atoms with van der Waals surface area (Å²) in [4.78, 5) is 14.3. The van der Waals surface area contributed by atoms with Crippen LogP contribution in [0.2, 0.25) is 0 Å². The molecule has 3 rings (SSSR count). The molecule has 0 saturated heterocycles. The highest BCUT2D eigenvalue weighted by molar-refractivity contribution is 7.90. The van der Waals surface area contributed by atoms with Gasteiger partial charge in [-0.2, -0.15) is 0 Å². The minimum Gasteiger partial charge on any atom is -0.484 e. The van der Waals surface area contributed by atoms with Gasteiger partial charge in [-0.1, -0.05) is 24.3 Å². The molecule has 2 aromatic carbocycles. The molecule has 0 unspecified atom stereocenters. The number of sulfone groups is 1. The molecule has 0 saturated carbocycles. The van der Waals surface area contributed by atoms with Gasteiger partial charge >= 0.3 is 0 Å². The Kier molecular flexibility index (Phi) is 4.57. The largest absolute Gasteiger partial charge is 0.484 e. The minimum absolute atomic E-state index is 0.0552. The second-order valence-electron chi connectivity index (χ2n) is 5.87. The maximum atomic E-state index is 12.3. The Morgan fingerprint density at radius 2 is 1.75 bits per heavy atom. The van der Waals surface area contributed by atoms with Gasteiger partial charge in [0.05, 0.1) is 4.90 Å². The number of amides is 1. The number of nitrogens with zero attached hydrogens (tertiary/aromatic N) is 1. The normalized spacial score (nSPS) is 14.1. The van der Waals surface area contributed by atoms with E-state index in [4.69, 9.17) is 4.74 Å². The van der Waals surface area contributed by atoms with Gasteiger partial charge in [0.15, 0.2) is 16.4 Å². The van der Waals surface area contributed by atoms with E-state index in [1.807, 2.05) is 18.2 Å². The Hall–Kier alpha value is -2.34. The number of fused-ring (bicyclic) bond motifs is 1. The number of carbonyl (C=O) groups excluding carboxylic acids is 1. The Morgan fingerprint density at radius 1 is 1.08 bits per heavy atom. The zero-order chi connectivity index (χ0) is 17.2. The van der Waals surface area contributed by atoms with Crippen LogP contribution in [0, 0.1) is 0 Å². The van der Waals surface area contributed by atoms with E-state index in [2.05, 4.69) is 6.07 Å². The number of hydrogen-bond donors (Lipinski definition) is 0. The van der Waals surface area contributed by atoms with E-state index < -0.39 is 9.84 Å². The molecule has 126 valence electrons. The highest BCUT2D eigenvalue weighted by atomic mass is 32.2. The molecule has 0 bridgehead atoms. The Labute approximate surface area is 141 Å². The van der Waals surface area contributed by atoms with Crippen LogP contribution in [-0.2, 0) is 27.6 Å². The molecule has 5 nitrogen and oxygen atoms in total. The van der Waals surface area contributed by atoms with Crippen molar-refractivity contribution in [2.24, 2.45) is 0 Å². The fourth-order valence-corrected chi connectivity index (χ4v) is 3.36. The molecule has 1 aliphatic rings. The van der Waals surface area contributed by atoms with E-state index in [1.165, 1.54) is 23.3 Å². The van der Waals surface area contributed by atoms with Crippen LogP contribution < -0.4 is 4.74 Å². The van der Waals surface area contributed by atoms with Gasteiger partial charge < -0.3 is 9.64 Å². The van der Waals surface area contributed by atoms with E-state index in [-0.39, 0.29) is 17.4 Å². The highest BCUT2D eigenvalue weighted by Gasteiger charge is 2.20. The summed E-state index contributed by atoms with van der Waals surface area (Å²) in [5.41, 5.74) is 2.47. The van der Waals surface area contributed by atoms with Crippen molar-refractivity contribution in [1.29, 1.82) is 0 Å². The average molecular weight is 345 g/mol. The number of hydrogen-bond acceptors (Lipinski definition) is 4. The zero-order valence-corrected chi connectivity index (χ0v) is 14.3. The van der Waals surface area contributed by atoms with Crippen molar-refractivity contribution in [3.63, 3.8) is 0 Å². The molecule has 6 heteroatoms. The molecule has 0 fully saturated rings. The van der Waals surface area contributed by atoms with E-state index in [9.17, 15) is 13.2 Å². The lowest BCUT2D eigenvalue weighted by Gasteiger charge is -2.28. The van der Waals surface area contributed by atoms with Crippen LogP contribution in [0.1, 0.15) is 11.1 Å². The first kappa shape index (κ1) is 16.5. The van der Waals surface area contributed by atoms with Crippen molar-refractivity contribution in [3.05, 3.63) is 59.7 Å². The summed E-state index contributed by atoms with van der Waals surface area (Å²) in [5.74, 6) is 0.407. The standard InChI is InChI=1S/C18H19NO4S/c1-24(21,22)17-8-6-16(7-9-17)23-13-18(20)19-11-10-14-4-2-3-5-15(14)12-19/h2-9H,10-13H2,1H3. The summed E-state index contributed by atoms with van der Waals surface area (Å²) in [6.07, 6.45) is 2.01. The summed E-state index contributed by atoms with van der Waals surface area (Å²) in [6, 6.07) is 14.2. The lowest BCUT2D eigenvalue weighted by atomic mass is 10.00.